The van der Waals surface area contributed by atoms with Crippen LogP contribution >= 0.6 is 0 Å². The van der Waals surface area contributed by atoms with Gasteiger partial charge in [0.25, 0.3) is 0 Å². The molecule has 100 valence electrons. The number of fused-ring (bicyclic) bond motifs is 2. The van der Waals surface area contributed by atoms with Gasteiger partial charge in [-0.05, 0) is 23.3 Å². The second kappa shape index (κ2) is 4.56. The SMILES string of the molecule is [O-][n+]1c2ccccc2nc2ccc(-c3ccccc3)cc21. The van der Waals surface area contributed by atoms with Crippen molar-refractivity contribution in [3.63, 3.8) is 0 Å². The molecule has 0 saturated heterocycles. The summed E-state index contributed by atoms with van der Waals surface area (Å²) in [5.74, 6) is 0. The third-order valence-corrected chi connectivity index (χ3v) is 3.64. The van der Waals surface area contributed by atoms with Gasteiger partial charge in [0.2, 0.25) is 11.0 Å². The van der Waals surface area contributed by atoms with Gasteiger partial charge in [-0.25, -0.2) is 4.98 Å². The normalized spacial score (nSPS) is 11.0. The molecule has 0 aliphatic carbocycles. The van der Waals surface area contributed by atoms with Crippen LogP contribution in [0.1, 0.15) is 0 Å². The first-order chi connectivity index (χ1) is 10.3. The molecule has 4 aromatic rings. The van der Waals surface area contributed by atoms with Crippen molar-refractivity contribution >= 4 is 22.1 Å². The molecule has 0 radical (unpaired) electrons. The van der Waals surface area contributed by atoms with Crippen LogP contribution in [0.3, 0.4) is 0 Å². The van der Waals surface area contributed by atoms with Gasteiger partial charge in [-0.3, -0.25) is 0 Å². The highest BCUT2D eigenvalue weighted by Crippen LogP contribution is 2.23. The first kappa shape index (κ1) is 11.9. The van der Waals surface area contributed by atoms with Gasteiger partial charge in [-0.15, -0.1) is 0 Å². The number of hydrogen-bond acceptors (Lipinski definition) is 2. The lowest BCUT2D eigenvalue weighted by Gasteiger charge is -2.07. The smallest absolute Gasteiger partial charge is 0.243 e. The fraction of sp³-hybridized carbons (Fsp3) is 0. The molecule has 0 bridgehead atoms. The molecule has 1 heterocycles. The molecule has 0 amide bonds. The molecule has 0 atom stereocenters. The fourth-order valence-electron chi connectivity index (χ4n) is 2.58. The van der Waals surface area contributed by atoms with E-state index in [-0.39, 0.29) is 0 Å². The second-order valence-corrected chi connectivity index (χ2v) is 4.96. The number of nitrogens with zero attached hydrogens (tertiary/aromatic N) is 2. The molecule has 1 aromatic heterocycles. The quantitative estimate of drug-likeness (QED) is 0.301. The fourth-order valence-corrected chi connectivity index (χ4v) is 2.58. The highest BCUT2D eigenvalue weighted by atomic mass is 16.5. The van der Waals surface area contributed by atoms with E-state index in [1.807, 2.05) is 66.7 Å². The maximum atomic E-state index is 12.5. The minimum atomic E-state index is 0.593. The molecule has 4 rings (SSSR count). The van der Waals surface area contributed by atoms with Gasteiger partial charge in [-0.2, -0.15) is 4.73 Å². The van der Waals surface area contributed by atoms with E-state index in [2.05, 4.69) is 4.98 Å². The molecule has 0 unspecified atom stereocenters. The topological polar surface area (TPSA) is 39.8 Å². The minimum Gasteiger partial charge on any atom is -0.618 e. The van der Waals surface area contributed by atoms with E-state index in [1.54, 1.807) is 6.07 Å². The third kappa shape index (κ3) is 1.91. The third-order valence-electron chi connectivity index (χ3n) is 3.64. The molecular formula is C18H12N2O. The van der Waals surface area contributed by atoms with Crippen molar-refractivity contribution in [3.05, 3.63) is 78.0 Å². The van der Waals surface area contributed by atoms with Crippen molar-refractivity contribution in [2.75, 3.05) is 0 Å². The summed E-state index contributed by atoms with van der Waals surface area (Å²) in [5, 5.41) is 12.5. The first-order valence-electron chi connectivity index (χ1n) is 6.80. The van der Waals surface area contributed by atoms with E-state index >= 15 is 0 Å². The Labute approximate surface area is 121 Å². The zero-order chi connectivity index (χ0) is 14.2. The predicted octanol–water partition coefficient (Wildman–Crippen LogP) is 3.69. The number of benzene rings is 3. The second-order valence-electron chi connectivity index (χ2n) is 4.96. The molecule has 3 heteroatoms. The van der Waals surface area contributed by atoms with Gasteiger partial charge in [0.15, 0.2) is 0 Å². The van der Waals surface area contributed by atoms with Gasteiger partial charge >= 0.3 is 0 Å². The number of para-hydroxylation sites is 2. The van der Waals surface area contributed by atoms with Crippen molar-refractivity contribution in [1.29, 1.82) is 0 Å². The van der Waals surface area contributed by atoms with E-state index in [1.165, 1.54) is 0 Å². The summed E-state index contributed by atoms with van der Waals surface area (Å²) in [6.45, 7) is 0. The zero-order valence-corrected chi connectivity index (χ0v) is 11.2. The number of aromatic nitrogens is 2. The Balaban J connectivity index is 2.03. The van der Waals surface area contributed by atoms with Crippen molar-refractivity contribution < 1.29 is 4.73 Å². The van der Waals surface area contributed by atoms with Crippen LogP contribution in [0.2, 0.25) is 0 Å². The maximum Gasteiger partial charge on any atom is 0.243 e. The maximum absolute atomic E-state index is 12.5. The van der Waals surface area contributed by atoms with E-state index in [9.17, 15) is 5.21 Å². The Morgan fingerprint density at radius 3 is 2.24 bits per heavy atom. The Kier molecular flexibility index (Phi) is 2.57. The van der Waals surface area contributed by atoms with Crippen LogP contribution in [0.4, 0.5) is 0 Å². The van der Waals surface area contributed by atoms with Gasteiger partial charge in [0.05, 0.1) is 0 Å². The largest absolute Gasteiger partial charge is 0.618 e. The number of rotatable bonds is 1. The van der Waals surface area contributed by atoms with E-state index in [4.69, 9.17) is 0 Å². The standard InChI is InChI=1S/C18H12N2O/c21-20-17-9-5-4-8-15(17)19-16-11-10-14(12-18(16)20)13-6-2-1-3-7-13/h1-12H. The minimum absolute atomic E-state index is 0.593. The molecule has 0 saturated carbocycles. The van der Waals surface area contributed by atoms with Gasteiger partial charge in [-0.1, -0.05) is 48.5 Å². The summed E-state index contributed by atoms with van der Waals surface area (Å²) in [7, 11) is 0. The Bertz CT molecular complexity index is 949. The van der Waals surface area contributed by atoms with Crippen molar-refractivity contribution in [2.45, 2.75) is 0 Å². The molecule has 0 fully saturated rings. The molecule has 3 aromatic carbocycles. The van der Waals surface area contributed by atoms with Gasteiger partial charge in [0.1, 0.15) is 11.0 Å². The highest BCUT2D eigenvalue weighted by Gasteiger charge is 2.12. The number of hydrogen-bond donors (Lipinski definition) is 0. The first-order valence-corrected chi connectivity index (χ1v) is 6.80. The van der Waals surface area contributed by atoms with Crippen molar-refractivity contribution in [2.24, 2.45) is 0 Å². The summed E-state index contributed by atoms with van der Waals surface area (Å²) >= 11 is 0. The molecular weight excluding hydrogens is 260 g/mol. The van der Waals surface area contributed by atoms with E-state index < -0.39 is 0 Å². The summed E-state index contributed by atoms with van der Waals surface area (Å²) < 4.78 is 0.962. The van der Waals surface area contributed by atoms with Crippen LogP contribution in [0.5, 0.6) is 0 Å². The molecule has 21 heavy (non-hydrogen) atoms. The van der Waals surface area contributed by atoms with E-state index in [0.29, 0.717) is 22.1 Å². The molecule has 0 N–H and O–H groups in total. The zero-order valence-electron chi connectivity index (χ0n) is 11.2. The molecule has 0 spiro atoms. The van der Waals surface area contributed by atoms with Crippen LogP contribution in [-0.2, 0) is 0 Å². The van der Waals surface area contributed by atoms with Crippen LogP contribution in [0.25, 0.3) is 33.2 Å². The predicted molar refractivity (Wildman–Crippen MR) is 83.6 cm³/mol. The van der Waals surface area contributed by atoms with Crippen molar-refractivity contribution in [1.82, 2.24) is 4.98 Å². The van der Waals surface area contributed by atoms with Gasteiger partial charge in [0, 0.05) is 12.1 Å². The Hall–Kier alpha value is -2.94. The lowest BCUT2D eigenvalue weighted by atomic mass is 10.1. The Morgan fingerprint density at radius 2 is 1.38 bits per heavy atom. The highest BCUT2D eigenvalue weighted by molar-refractivity contribution is 5.84. The average Bonchev–Trinajstić information content (AvgIpc) is 2.56. The lowest BCUT2D eigenvalue weighted by molar-refractivity contribution is -0.548. The van der Waals surface area contributed by atoms with Crippen LogP contribution < -0.4 is 4.73 Å². The summed E-state index contributed by atoms with van der Waals surface area (Å²) in [6, 6.07) is 23.2. The molecule has 0 aliphatic rings. The average molecular weight is 272 g/mol. The van der Waals surface area contributed by atoms with E-state index in [0.717, 1.165) is 15.9 Å². The summed E-state index contributed by atoms with van der Waals surface area (Å²) in [5.41, 5.74) is 4.72. The van der Waals surface area contributed by atoms with Crippen LogP contribution in [0.15, 0.2) is 72.8 Å². The lowest BCUT2D eigenvalue weighted by Crippen LogP contribution is -2.28. The summed E-state index contributed by atoms with van der Waals surface area (Å²) in [6.07, 6.45) is 0. The van der Waals surface area contributed by atoms with Crippen molar-refractivity contribution in [3.8, 4) is 11.1 Å². The Morgan fingerprint density at radius 1 is 0.667 bits per heavy atom. The summed E-state index contributed by atoms with van der Waals surface area (Å²) in [4.78, 5) is 4.55. The van der Waals surface area contributed by atoms with Crippen LogP contribution in [0, 0.1) is 5.21 Å². The molecule has 3 nitrogen and oxygen atoms in total. The van der Waals surface area contributed by atoms with Crippen LogP contribution in [-0.4, -0.2) is 4.98 Å². The monoisotopic (exact) mass is 272 g/mol. The molecule has 0 aliphatic heterocycles. The van der Waals surface area contributed by atoms with Gasteiger partial charge < -0.3 is 5.21 Å².